The number of carbonyl (C=O) groups excluding carboxylic acids is 1. The Hall–Kier alpha value is -1.57. The molecule has 0 aliphatic heterocycles. The molecule has 1 amide bonds. The van der Waals surface area contributed by atoms with E-state index in [2.05, 4.69) is 17.5 Å². The lowest BCUT2D eigenvalue weighted by Gasteiger charge is -2.17. The minimum Gasteiger partial charge on any atom is -0.326 e. The highest BCUT2D eigenvalue weighted by Gasteiger charge is 2.39. The fourth-order valence-electron chi connectivity index (χ4n) is 2.84. The summed E-state index contributed by atoms with van der Waals surface area (Å²) in [5.41, 5.74) is 0.902. The van der Waals surface area contributed by atoms with Crippen LogP contribution in [0.5, 0.6) is 0 Å². The van der Waals surface area contributed by atoms with Gasteiger partial charge in [0.2, 0.25) is 5.91 Å². The van der Waals surface area contributed by atoms with Crippen molar-refractivity contribution in [2.75, 3.05) is 5.32 Å². The number of carbonyl (C=O) groups is 1. The third kappa shape index (κ3) is 1.64. The smallest absolute Gasteiger partial charge is 0.228 e. The van der Waals surface area contributed by atoms with Crippen molar-refractivity contribution in [3.05, 3.63) is 42.5 Å². The molecule has 82 valence electrons. The number of hydrogen-bond donors (Lipinski definition) is 1. The van der Waals surface area contributed by atoms with Gasteiger partial charge in [-0.2, -0.15) is 0 Å². The van der Waals surface area contributed by atoms with Gasteiger partial charge >= 0.3 is 0 Å². The number of amides is 1. The molecule has 1 N–H and O–H groups in total. The van der Waals surface area contributed by atoms with Gasteiger partial charge in [0, 0.05) is 11.6 Å². The first-order chi connectivity index (χ1) is 7.83. The van der Waals surface area contributed by atoms with Crippen LogP contribution in [0, 0.1) is 17.8 Å². The van der Waals surface area contributed by atoms with Crippen LogP contribution in [0.15, 0.2) is 42.5 Å². The number of hydrogen-bond acceptors (Lipinski definition) is 1. The zero-order valence-corrected chi connectivity index (χ0v) is 9.10. The van der Waals surface area contributed by atoms with E-state index in [1.165, 1.54) is 6.42 Å². The molecular formula is C14H15NO. The predicted molar refractivity (Wildman–Crippen MR) is 63.9 cm³/mol. The highest BCUT2D eigenvalue weighted by molar-refractivity contribution is 5.93. The van der Waals surface area contributed by atoms with E-state index in [1.807, 2.05) is 30.3 Å². The van der Waals surface area contributed by atoms with Gasteiger partial charge in [-0.3, -0.25) is 4.79 Å². The predicted octanol–water partition coefficient (Wildman–Crippen LogP) is 2.84. The van der Waals surface area contributed by atoms with Gasteiger partial charge in [0.15, 0.2) is 0 Å². The van der Waals surface area contributed by atoms with Gasteiger partial charge in [-0.1, -0.05) is 30.4 Å². The van der Waals surface area contributed by atoms with E-state index in [9.17, 15) is 4.79 Å². The molecule has 0 saturated heterocycles. The van der Waals surface area contributed by atoms with Gasteiger partial charge in [-0.05, 0) is 36.8 Å². The second-order valence-corrected chi connectivity index (χ2v) is 4.74. The monoisotopic (exact) mass is 213 g/mol. The molecule has 2 nitrogen and oxygen atoms in total. The Morgan fingerprint density at radius 1 is 1.12 bits per heavy atom. The lowest BCUT2D eigenvalue weighted by Crippen LogP contribution is -2.25. The van der Waals surface area contributed by atoms with Gasteiger partial charge < -0.3 is 5.32 Å². The van der Waals surface area contributed by atoms with E-state index in [4.69, 9.17) is 0 Å². The highest BCUT2D eigenvalue weighted by atomic mass is 16.1. The second kappa shape index (κ2) is 3.78. The number of nitrogens with one attached hydrogen (secondary N) is 1. The average molecular weight is 213 g/mol. The molecule has 2 bridgehead atoms. The molecule has 2 heteroatoms. The van der Waals surface area contributed by atoms with Crippen molar-refractivity contribution in [1.29, 1.82) is 0 Å². The SMILES string of the molecule is O=C(Nc1ccccc1)C1C[C@@H]2C=C[C@H]1C2. The molecule has 3 atom stereocenters. The van der Waals surface area contributed by atoms with Crippen LogP contribution in [-0.4, -0.2) is 5.91 Å². The maximum Gasteiger partial charge on any atom is 0.228 e. The third-order valence-electron chi connectivity index (χ3n) is 3.66. The van der Waals surface area contributed by atoms with E-state index in [1.54, 1.807) is 0 Å². The van der Waals surface area contributed by atoms with Crippen LogP contribution in [0.3, 0.4) is 0 Å². The molecule has 0 spiro atoms. The Bertz CT molecular complexity index is 424. The third-order valence-corrected chi connectivity index (χ3v) is 3.66. The lowest BCUT2D eigenvalue weighted by atomic mass is 9.93. The number of rotatable bonds is 2. The van der Waals surface area contributed by atoms with Crippen molar-refractivity contribution in [2.45, 2.75) is 12.8 Å². The first-order valence-corrected chi connectivity index (χ1v) is 5.87. The summed E-state index contributed by atoms with van der Waals surface area (Å²) in [5.74, 6) is 1.50. The minimum atomic E-state index is 0.183. The van der Waals surface area contributed by atoms with E-state index >= 15 is 0 Å². The maximum absolute atomic E-state index is 12.1. The molecule has 1 unspecified atom stereocenters. The van der Waals surface area contributed by atoms with Crippen LogP contribution in [-0.2, 0) is 4.79 Å². The van der Waals surface area contributed by atoms with Crippen LogP contribution >= 0.6 is 0 Å². The molecule has 0 heterocycles. The van der Waals surface area contributed by atoms with E-state index in [0.29, 0.717) is 11.8 Å². The summed E-state index contributed by atoms with van der Waals surface area (Å²) in [6.07, 6.45) is 6.67. The van der Waals surface area contributed by atoms with E-state index in [-0.39, 0.29) is 11.8 Å². The topological polar surface area (TPSA) is 29.1 Å². The lowest BCUT2D eigenvalue weighted by molar-refractivity contribution is -0.120. The van der Waals surface area contributed by atoms with Crippen LogP contribution in [0.25, 0.3) is 0 Å². The van der Waals surface area contributed by atoms with Gasteiger partial charge in [0.25, 0.3) is 0 Å². The standard InChI is InChI=1S/C14H15NO/c16-14(15-12-4-2-1-3-5-12)13-9-10-6-7-11(13)8-10/h1-7,10-11,13H,8-9H2,(H,15,16)/t10-,11+,13?/m1/s1. The van der Waals surface area contributed by atoms with Crippen LogP contribution in [0.2, 0.25) is 0 Å². The van der Waals surface area contributed by atoms with Crippen molar-refractivity contribution in [3.8, 4) is 0 Å². The minimum absolute atomic E-state index is 0.183. The molecule has 2 aliphatic rings. The molecule has 0 aromatic heterocycles. The average Bonchev–Trinajstić information content (AvgIpc) is 2.92. The number of benzene rings is 1. The van der Waals surface area contributed by atoms with Crippen molar-refractivity contribution < 1.29 is 4.79 Å². The fraction of sp³-hybridized carbons (Fsp3) is 0.357. The molecule has 1 aromatic carbocycles. The zero-order chi connectivity index (χ0) is 11.0. The normalized spacial score (nSPS) is 30.6. The Balaban J connectivity index is 1.69. The summed E-state index contributed by atoms with van der Waals surface area (Å²) in [6.45, 7) is 0. The number of anilines is 1. The molecule has 1 aromatic rings. The van der Waals surface area contributed by atoms with Crippen molar-refractivity contribution in [2.24, 2.45) is 17.8 Å². The second-order valence-electron chi connectivity index (χ2n) is 4.74. The summed E-state index contributed by atoms with van der Waals surface area (Å²) in [7, 11) is 0. The van der Waals surface area contributed by atoms with Crippen LogP contribution < -0.4 is 5.32 Å². The van der Waals surface area contributed by atoms with Gasteiger partial charge in [0.1, 0.15) is 0 Å². The summed E-state index contributed by atoms with van der Waals surface area (Å²) in [5, 5.41) is 3.00. The summed E-state index contributed by atoms with van der Waals surface area (Å²) in [4.78, 5) is 12.1. The summed E-state index contributed by atoms with van der Waals surface area (Å²) >= 11 is 0. The number of fused-ring (bicyclic) bond motifs is 2. The van der Waals surface area contributed by atoms with Crippen molar-refractivity contribution >= 4 is 11.6 Å². The molecular weight excluding hydrogens is 198 g/mol. The highest BCUT2D eigenvalue weighted by Crippen LogP contribution is 2.43. The quantitative estimate of drug-likeness (QED) is 0.752. The molecule has 1 saturated carbocycles. The first-order valence-electron chi connectivity index (χ1n) is 5.87. The molecule has 16 heavy (non-hydrogen) atoms. The summed E-state index contributed by atoms with van der Waals surface area (Å²) < 4.78 is 0. The zero-order valence-electron chi connectivity index (χ0n) is 9.10. The number of para-hydroxylation sites is 1. The van der Waals surface area contributed by atoms with Gasteiger partial charge in [-0.15, -0.1) is 0 Å². The maximum atomic E-state index is 12.1. The molecule has 0 radical (unpaired) electrons. The fourth-order valence-corrected chi connectivity index (χ4v) is 2.84. The Labute approximate surface area is 95.4 Å². The van der Waals surface area contributed by atoms with Crippen molar-refractivity contribution in [1.82, 2.24) is 0 Å². The van der Waals surface area contributed by atoms with E-state index < -0.39 is 0 Å². The van der Waals surface area contributed by atoms with Crippen molar-refractivity contribution in [3.63, 3.8) is 0 Å². The Morgan fingerprint density at radius 2 is 1.94 bits per heavy atom. The van der Waals surface area contributed by atoms with E-state index in [0.717, 1.165) is 12.1 Å². The van der Waals surface area contributed by atoms with Gasteiger partial charge in [0.05, 0.1) is 0 Å². The van der Waals surface area contributed by atoms with Crippen LogP contribution in [0.1, 0.15) is 12.8 Å². The molecule has 3 rings (SSSR count). The first kappa shape index (κ1) is 9.64. The Morgan fingerprint density at radius 3 is 2.56 bits per heavy atom. The summed E-state index contributed by atoms with van der Waals surface area (Å²) in [6, 6.07) is 9.70. The largest absolute Gasteiger partial charge is 0.326 e. The molecule has 1 fully saturated rings. The van der Waals surface area contributed by atoms with Gasteiger partial charge in [-0.25, -0.2) is 0 Å². The Kier molecular flexibility index (Phi) is 2.28. The number of allylic oxidation sites excluding steroid dienone is 2. The molecule has 2 aliphatic carbocycles. The van der Waals surface area contributed by atoms with Crippen LogP contribution in [0.4, 0.5) is 5.69 Å².